The Balaban J connectivity index is 0.00000625. The lowest BCUT2D eigenvalue weighted by atomic mass is 10.3. The van der Waals surface area contributed by atoms with Crippen LogP contribution in [0.1, 0.15) is 6.92 Å². The normalized spacial score (nSPS) is 10.6. The summed E-state index contributed by atoms with van der Waals surface area (Å²) in [6.07, 6.45) is 0. The Labute approximate surface area is 172 Å². The van der Waals surface area contributed by atoms with Crippen molar-refractivity contribution in [3.8, 4) is 5.75 Å². The number of guanidine groups is 1. The lowest BCUT2D eigenvalue weighted by Gasteiger charge is -2.23. The number of nitrogens with zero attached hydrogens (tertiary/aromatic N) is 3. The van der Waals surface area contributed by atoms with Crippen LogP contribution >= 0.6 is 24.0 Å². The Morgan fingerprint density at radius 1 is 1.27 bits per heavy atom. The van der Waals surface area contributed by atoms with E-state index in [1.54, 1.807) is 26.2 Å². The second-order valence-electron chi connectivity index (χ2n) is 5.96. The number of carbonyl (C=O) groups is 1. The van der Waals surface area contributed by atoms with Gasteiger partial charge in [0.1, 0.15) is 24.7 Å². The molecule has 0 fully saturated rings. The molecule has 26 heavy (non-hydrogen) atoms. The maximum absolute atomic E-state index is 12.9. The van der Waals surface area contributed by atoms with Gasteiger partial charge in [0.05, 0.1) is 6.54 Å². The Bertz CT molecular complexity index is 606. The lowest BCUT2D eigenvalue weighted by molar-refractivity contribution is -0.127. The predicted molar refractivity (Wildman–Crippen MR) is 114 cm³/mol. The highest BCUT2D eigenvalue weighted by Gasteiger charge is 2.09. The molecule has 0 aliphatic rings. The van der Waals surface area contributed by atoms with Crippen LogP contribution in [0.3, 0.4) is 0 Å². The van der Waals surface area contributed by atoms with E-state index in [-0.39, 0.29) is 42.2 Å². The van der Waals surface area contributed by atoms with Gasteiger partial charge in [0.25, 0.3) is 0 Å². The fraction of sp³-hybridized carbons (Fsp3) is 0.444. The third kappa shape index (κ3) is 9.59. The summed E-state index contributed by atoms with van der Waals surface area (Å²) in [5.74, 6) is 0.825. The first-order chi connectivity index (χ1) is 11.8. The van der Waals surface area contributed by atoms with Gasteiger partial charge in [-0.15, -0.1) is 24.0 Å². The number of likely N-dealkylation sites (N-methyl/N-ethyl adjacent to an activating group) is 2. The summed E-state index contributed by atoms with van der Waals surface area (Å²) in [5.41, 5.74) is 0.961. The highest BCUT2D eigenvalue weighted by Crippen LogP contribution is 2.10. The summed E-state index contributed by atoms with van der Waals surface area (Å²) in [7, 11) is 5.25. The highest BCUT2D eigenvalue weighted by molar-refractivity contribution is 14.0. The van der Waals surface area contributed by atoms with E-state index >= 15 is 0 Å². The average molecular weight is 478 g/mol. The van der Waals surface area contributed by atoms with Crippen LogP contribution in [0.5, 0.6) is 5.75 Å². The predicted octanol–water partition coefficient (Wildman–Crippen LogP) is 2.36. The number of halogens is 2. The van der Waals surface area contributed by atoms with Crippen molar-refractivity contribution in [2.75, 3.05) is 47.4 Å². The molecule has 0 heterocycles. The minimum absolute atomic E-state index is 0. The van der Waals surface area contributed by atoms with Gasteiger partial charge in [-0.2, -0.15) is 0 Å². The third-order valence-electron chi connectivity index (χ3n) is 3.28. The van der Waals surface area contributed by atoms with E-state index in [0.717, 1.165) is 5.57 Å². The maximum atomic E-state index is 12.9. The summed E-state index contributed by atoms with van der Waals surface area (Å²) >= 11 is 0. The third-order valence-corrected chi connectivity index (χ3v) is 3.28. The average Bonchev–Trinajstić information content (AvgIpc) is 2.55. The fourth-order valence-corrected chi connectivity index (χ4v) is 1.76. The zero-order chi connectivity index (χ0) is 18.8. The second kappa shape index (κ2) is 12.5. The van der Waals surface area contributed by atoms with Gasteiger partial charge in [-0.3, -0.25) is 4.79 Å². The van der Waals surface area contributed by atoms with Gasteiger partial charge in [-0.1, -0.05) is 12.2 Å². The lowest BCUT2D eigenvalue weighted by Crippen LogP contribution is -2.42. The first kappa shape index (κ1) is 24.2. The van der Waals surface area contributed by atoms with Crippen molar-refractivity contribution in [3.05, 3.63) is 42.2 Å². The minimum Gasteiger partial charge on any atom is -0.492 e. The Morgan fingerprint density at radius 2 is 1.88 bits per heavy atom. The van der Waals surface area contributed by atoms with Gasteiger partial charge in [-0.05, 0) is 31.2 Å². The Morgan fingerprint density at radius 3 is 2.42 bits per heavy atom. The summed E-state index contributed by atoms with van der Waals surface area (Å²) in [6, 6.07) is 5.87. The molecule has 0 saturated carbocycles. The minimum atomic E-state index is -0.298. The largest absolute Gasteiger partial charge is 0.492 e. The van der Waals surface area contributed by atoms with Crippen LogP contribution < -0.4 is 10.1 Å². The van der Waals surface area contributed by atoms with E-state index in [2.05, 4.69) is 16.9 Å². The van der Waals surface area contributed by atoms with Crippen molar-refractivity contribution in [1.82, 2.24) is 15.1 Å². The fourth-order valence-electron chi connectivity index (χ4n) is 1.76. The first-order valence-corrected chi connectivity index (χ1v) is 8.02. The molecule has 0 radical (unpaired) electrons. The molecule has 0 atom stereocenters. The van der Waals surface area contributed by atoms with E-state index in [9.17, 15) is 9.18 Å². The summed E-state index contributed by atoms with van der Waals surface area (Å²) < 4.78 is 18.5. The van der Waals surface area contributed by atoms with Crippen LogP contribution in [0.25, 0.3) is 0 Å². The van der Waals surface area contributed by atoms with E-state index in [4.69, 9.17) is 4.74 Å². The summed E-state index contributed by atoms with van der Waals surface area (Å²) in [6.45, 7) is 7.35. The molecule has 0 spiro atoms. The topological polar surface area (TPSA) is 57.2 Å². The number of hydrogen-bond donors (Lipinski definition) is 1. The van der Waals surface area contributed by atoms with Crippen LogP contribution in [-0.2, 0) is 4.79 Å². The maximum Gasteiger partial charge on any atom is 0.243 e. The van der Waals surface area contributed by atoms with Crippen molar-refractivity contribution in [3.63, 3.8) is 0 Å². The van der Waals surface area contributed by atoms with Crippen LogP contribution in [0, 0.1) is 5.82 Å². The molecule has 1 aromatic carbocycles. The molecule has 6 nitrogen and oxygen atoms in total. The molecule has 1 rings (SSSR count). The van der Waals surface area contributed by atoms with Gasteiger partial charge < -0.3 is 19.9 Å². The molecule has 146 valence electrons. The van der Waals surface area contributed by atoms with E-state index < -0.39 is 0 Å². The summed E-state index contributed by atoms with van der Waals surface area (Å²) in [4.78, 5) is 19.5. The molecule has 1 amide bonds. The van der Waals surface area contributed by atoms with Crippen LogP contribution in [0.4, 0.5) is 4.39 Å². The molecular formula is C18H28FIN4O2. The molecule has 1 N–H and O–H groups in total. The van der Waals surface area contributed by atoms with Gasteiger partial charge in [0, 0.05) is 27.7 Å². The Hall–Kier alpha value is -1.84. The van der Waals surface area contributed by atoms with Gasteiger partial charge in [0.15, 0.2) is 5.96 Å². The molecule has 0 unspecified atom stereocenters. The molecule has 0 saturated heterocycles. The second-order valence-corrected chi connectivity index (χ2v) is 5.96. The monoisotopic (exact) mass is 478 g/mol. The summed E-state index contributed by atoms with van der Waals surface area (Å²) in [5, 5.41) is 3.17. The smallest absolute Gasteiger partial charge is 0.243 e. The van der Waals surface area contributed by atoms with Crippen molar-refractivity contribution in [2.45, 2.75) is 6.92 Å². The number of carbonyl (C=O) groups excluding carboxylic acids is 1. The van der Waals surface area contributed by atoms with Crippen LogP contribution in [0.2, 0.25) is 0 Å². The number of benzene rings is 1. The molecule has 0 bridgehead atoms. The van der Waals surface area contributed by atoms with E-state index in [1.807, 2.05) is 18.9 Å². The molecule has 0 aliphatic heterocycles. The Kier molecular flexibility index (Phi) is 11.6. The standard InChI is InChI=1S/C18H27FN4O2.HI/c1-14(2)12-20-18(21-13-17(24)22(3)4)23(5)10-11-25-16-8-6-15(19)7-9-16;/h6-9H,1,10-13H2,2-5H3,(H,20,21);1H. The van der Waals surface area contributed by atoms with Crippen molar-refractivity contribution in [1.29, 1.82) is 0 Å². The quantitative estimate of drug-likeness (QED) is 0.270. The zero-order valence-electron chi connectivity index (χ0n) is 15.8. The number of nitrogens with one attached hydrogen (secondary N) is 1. The van der Waals surface area contributed by atoms with Crippen molar-refractivity contribution in [2.24, 2.45) is 4.99 Å². The number of hydrogen-bond acceptors (Lipinski definition) is 3. The van der Waals surface area contributed by atoms with Crippen LogP contribution in [0.15, 0.2) is 41.4 Å². The molecule has 0 aromatic heterocycles. The van der Waals surface area contributed by atoms with Gasteiger partial charge in [-0.25, -0.2) is 9.38 Å². The van der Waals surface area contributed by atoms with Crippen molar-refractivity contribution >= 4 is 35.8 Å². The highest BCUT2D eigenvalue weighted by atomic mass is 127. The SMILES string of the molecule is C=C(C)CNC(=NCC(=O)N(C)C)N(C)CCOc1ccc(F)cc1.I. The molecule has 1 aromatic rings. The van der Waals surface area contributed by atoms with E-state index in [0.29, 0.717) is 31.4 Å². The molecule has 8 heteroatoms. The van der Waals surface area contributed by atoms with Gasteiger partial charge in [0.2, 0.25) is 5.91 Å². The van der Waals surface area contributed by atoms with E-state index in [1.165, 1.54) is 17.0 Å². The van der Waals surface area contributed by atoms with Gasteiger partial charge >= 0.3 is 0 Å². The number of amides is 1. The molecule has 0 aliphatic carbocycles. The molecular weight excluding hydrogens is 450 g/mol. The number of aliphatic imine (C=N–C) groups is 1. The zero-order valence-corrected chi connectivity index (χ0v) is 18.1. The van der Waals surface area contributed by atoms with Crippen molar-refractivity contribution < 1.29 is 13.9 Å². The van der Waals surface area contributed by atoms with Crippen LogP contribution in [-0.4, -0.2) is 69.1 Å². The first-order valence-electron chi connectivity index (χ1n) is 8.02. The number of ether oxygens (including phenoxy) is 1. The number of rotatable bonds is 8.